The monoisotopic (exact) mass is 146 g/mol. The number of para-hydroxylation sites is 1. The molecule has 0 bridgehead atoms. The van der Waals surface area contributed by atoms with E-state index in [1.165, 1.54) is 5.69 Å². The maximum absolute atomic E-state index is 3.30. The molecule has 0 aliphatic rings. The molecule has 0 fully saturated rings. The standard InChI is InChI=1S/C9H13N.B/c1-8(2)10-9-6-4-3-5-7-9;/h3-8,10H,1-2H3;. The number of nitrogens with one attached hydrogen (secondary N) is 1. The highest BCUT2D eigenvalue weighted by molar-refractivity contribution is 5.75. The van der Waals surface area contributed by atoms with Crippen molar-refractivity contribution in [1.29, 1.82) is 0 Å². The number of hydrogen-bond donors (Lipinski definition) is 1. The van der Waals surface area contributed by atoms with Gasteiger partial charge >= 0.3 is 0 Å². The average Bonchev–Trinajstić information content (AvgIpc) is 1.88. The fourth-order valence-electron chi connectivity index (χ4n) is 0.868. The Bertz CT molecular complexity index is 184. The topological polar surface area (TPSA) is 12.0 Å². The van der Waals surface area contributed by atoms with E-state index in [0.29, 0.717) is 6.04 Å². The van der Waals surface area contributed by atoms with Crippen LogP contribution in [0, 0.1) is 0 Å². The van der Waals surface area contributed by atoms with E-state index in [-0.39, 0.29) is 8.41 Å². The molecule has 0 heterocycles. The molecule has 1 nitrogen and oxygen atoms in total. The van der Waals surface area contributed by atoms with Crippen molar-refractivity contribution in [2.75, 3.05) is 5.32 Å². The van der Waals surface area contributed by atoms with Crippen LogP contribution in [0.2, 0.25) is 0 Å². The highest BCUT2D eigenvalue weighted by Gasteiger charge is 1.90. The van der Waals surface area contributed by atoms with Crippen molar-refractivity contribution in [2.24, 2.45) is 0 Å². The van der Waals surface area contributed by atoms with E-state index in [4.69, 9.17) is 0 Å². The number of hydrogen-bond acceptors (Lipinski definition) is 1. The molecule has 0 saturated carbocycles. The molecule has 0 aromatic heterocycles. The molecule has 0 saturated heterocycles. The van der Waals surface area contributed by atoms with E-state index in [1.54, 1.807) is 0 Å². The first-order valence-corrected chi connectivity index (χ1v) is 3.60. The summed E-state index contributed by atoms with van der Waals surface area (Å²) in [6.45, 7) is 4.26. The second kappa shape index (κ2) is 4.83. The maximum Gasteiger partial charge on any atom is 0.0342 e. The molecule has 0 aliphatic carbocycles. The lowest BCUT2D eigenvalue weighted by molar-refractivity contribution is 0.900. The van der Waals surface area contributed by atoms with Crippen LogP contribution in [0.5, 0.6) is 0 Å². The highest BCUT2D eigenvalue weighted by Crippen LogP contribution is 2.05. The highest BCUT2D eigenvalue weighted by atomic mass is 14.9. The molecule has 1 aromatic rings. The lowest BCUT2D eigenvalue weighted by Crippen LogP contribution is -2.08. The number of rotatable bonds is 2. The predicted octanol–water partition coefficient (Wildman–Crippen LogP) is 2.13. The van der Waals surface area contributed by atoms with Gasteiger partial charge in [0.25, 0.3) is 0 Å². The van der Waals surface area contributed by atoms with E-state index >= 15 is 0 Å². The van der Waals surface area contributed by atoms with Gasteiger partial charge in [-0.25, -0.2) is 0 Å². The van der Waals surface area contributed by atoms with Gasteiger partial charge in [-0.1, -0.05) is 18.2 Å². The van der Waals surface area contributed by atoms with Crippen molar-refractivity contribution in [2.45, 2.75) is 19.9 Å². The Balaban J connectivity index is 0.000001000. The Kier molecular flexibility index (Phi) is 4.43. The van der Waals surface area contributed by atoms with Crippen LogP contribution in [0.3, 0.4) is 0 Å². The Morgan fingerprint density at radius 3 is 2.09 bits per heavy atom. The molecular weight excluding hydrogens is 133 g/mol. The minimum absolute atomic E-state index is 0. The van der Waals surface area contributed by atoms with Gasteiger partial charge in [-0.2, -0.15) is 0 Å². The summed E-state index contributed by atoms with van der Waals surface area (Å²) in [6.07, 6.45) is 0. The molecule has 0 aliphatic heterocycles. The van der Waals surface area contributed by atoms with E-state index in [2.05, 4.69) is 31.3 Å². The normalized spacial score (nSPS) is 9.00. The predicted molar refractivity (Wildman–Crippen MR) is 51.0 cm³/mol. The van der Waals surface area contributed by atoms with Crippen molar-refractivity contribution in [3.63, 3.8) is 0 Å². The van der Waals surface area contributed by atoms with E-state index in [1.807, 2.05) is 18.2 Å². The van der Waals surface area contributed by atoms with Crippen LogP contribution in [-0.4, -0.2) is 14.5 Å². The molecule has 0 atom stereocenters. The summed E-state index contributed by atoms with van der Waals surface area (Å²) in [5.74, 6) is 0. The fourth-order valence-corrected chi connectivity index (χ4v) is 0.868. The van der Waals surface area contributed by atoms with Gasteiger partial charge in [-0.15, -0.1) is 0 Å². The van der Waals surface area contributed by atoms with E-state index in [0.717, 1.165) is 0 Å². The molecule has 0 amide bonds. The molecular formula is C9H13BN. The summed E-state index contributed by atoms with van der Waals surface area (Å²) in [4.78, 5) is 0. The first kappa shape index (κ1) is 10.1. The largest absolute Gasteiger partial charge is 0.383 e. The SMILES string of the molecule is CC(C)Nc1ccccc1.[B]. The zero-order chi connectivity index (χ0) is 7.40. The minimum atomic E-state index is 0. The number of benzene rings is 1. The van der Waals surface area contributed by atoms with Crippen LogP contribution in [0.4, 0.5) is 5.69 Å². The molecule has 3 radical (unpaired) electrons. The van der Waals surface area contributed by atoms with Gasteiger partial charge in [0.2, 0.25) is 0 Å². The molecule has 1 N–H and O–H groups in total. The molecule has 11 heavy (non-hydrogen) atoms. The summed E-state index contributed by atoms with van der Waals surface area (Å²) >= 11 is 0. The molecule has 0 spiro atoms. The van der Waals surface area contributed by atoms with Crippen LogP contribution in [0.1, 0.15) is 13.8 Å². The van der Waals surface area contributed by atoms with Crippen LogP contribution >= 0.6 is 0 Å². The Labute approximate surface area is 70.4 Å². The van der Waals surface area contributed by atoms with Crippen molar-refractivity contribution in [3.05, 3.63) is 30.3 Å². The Morgan fingerprint density at radius 2 is 1.64 bits per heavy atom. The van der Waals surface area contributed by atoms with Crippen LogP contribution in [0.15, 0.2) is 30.3 Å². The third-order valence-corrected chi connectivity index (χ3v) is 1.23. The molecule has 0 unspecified atom stereocenters. The van der Waals surface area contributed by atoms with Crippen molar-refractivity contribution in [1.82, 2.24) is 0 Å². The minimum Gasteiger partial charge on any atom is -0.383 e. The summed E-state index contributed by atoms with van der Waals surface area (Å²) in [7, 11) is 0. The van der Waals surface area contributed by atoms with Gasteiger partial charge in [0, 0.05) is 20.1 Å². The van der Waals surface area contributed by atoms with Crippen molar-refractivity contribution >= 4 is 14.1 Å². The van der Waals surface area contributed by atoms with Gasteiger partial charge in [0.1, 0.15) is 0 Å². The van der Waals surface area contributed by atoms with Crippen molar-refractivity contribution in [3.8, 4) is 0 Å². The first-order chi connectivity index (χ1) is 4.79. The third-order valence-electron chi connectivity index (χ3n) is 1.23. The lowest BCUT2D eigenvalue weighted by atomic mass is 10.3. The quantitative estimate of drug-likeness (QED) is 0.630. The van der Waals surface area contributed by atoms with E-state index in [9.17, 15) is 0 Å². The maximum atomic E-state index is 3.30. The first-order valence-electron chi connectivity index (χ1n) is 3.60. The van der Waals surface area contributed by atoms with Crippen LogP contribution < -0.4 is 5.32 Å². The number of anilines is 1. The summed E-state index contributed by atoms with van der Waals surface area (Å²) < 4.78 is 0. The summed E-state index contributed by atoms with van der Waals surface area (Å²) in [5.41, 5.74) is 1.19. The summed E-state index contributed by atoms with van der Waals surface area (Å²) in [6, 6.07) is 10.7. The summed E-state index contributed by atoms with van der Waals surface area (Å²) in [5, 5.41) is 3.30. The van der Waals surface area contributed by atoms with Gasteiger partial charge in [0.05, 0.1) is 0 Å². The Hall–Kier alpha value is -0.915. The van der Waals surface area contributed by atoms with Crippen LogP contribution in [-0.2, 0) is 0 Å². The lowest BCUT2D eigenvalue weighted by Gasteiger charge is -2.08. The smallest absolute Gasteiger partial charge is 0.0342 e. The van der Waals surface area contributed by atoms with Crippen molar-refractivity contribution < 1.29 is 0 Å². The Morgan fingerprint density at radius 1 is 1.09 bits per heavy atom. The molecule has 2 heteroatoms. The second-order valence-electron chi connectivity index (χ2n) is 2.67. The third kappa shape index (κ3) is 3.71. The van der Waals surface area contributed by atoms with Gasteiger partial charge in [-0.05, 0) is 26.0 Å². The fraction of sp³-hybridized carbons (Fsp3) is 0.333. The van der Waals surface area contributed by atoms with Gasteiger partial charge in [-0.3, -0.25) is 0 Å². The molecule has 57 valence electrons. The molecule has 1 aromatic carbocycles. The second-order valence-corrected chi connectivity index (χ2v) is 2.67. The molecule has 1 rings (SSSR count). The zero-order valence-corrected chi connectivity index (χ0v) is 7.04. The van der Waals surface area contributed by atoms with Crippen LogP contribution in [0.25, 0.3) is 0 Å². The van der Waals surface area contributed by atoms with E-state index < -0.39 is 0 Å². The average molecular weight is 146 g/mol. The van der Waals surface area contributed by atoms with Gasteiger partial charge in [0.15, 0.2) is 0 Å². The van der Waals surface area contributed by atoms with Gasteiger partial charge < -0.3 is 5.32 Å². The zero-order valence-electron chi connectivity index (χ0n) is 7.04.